The highest BCUT2D eigenvalue weighted by atomic mass is 16.2. The minimum absolute atomic E-state index is 0.0335. The maximum atomic E-state index is 13.1. The van der Waals surface area contributed by atoms with E-state index in [0.717, 1.165) is 33.2 Å². The summed E-state index contributed by atoms with van der Waals surface area (Å²) in [7, 11) is 0. The molecule has 0 saturated carbocycles. The van der Waals surface area contributed by atoms with E-state index in [1.165, 1.54) is 0 Å². The number of aryl methyl sites for hydroxylation is 1. The number of aromatic amines is 1. The van der Waals surface area contributed by atoms with Crippen LogP contribution in [-0.4, -0.2) is 57.8 Å². The van der Waals surface area contributed by atoms with Crippen molar-refractivity contribution in [3.8, 4) is 0 Å². The molecular formula is C25H24N4O2. The standard InChI is InChI=1S/C25H24N4O2/c30-24(13-12-23-26-21-10-3-4-11-22(21)27-23)28-14-16-29(17-15-28)25(31)20-9-5-7-18-6-1-2-8-19(18)20/h1-11H,12-17H2,(H,26,27). The number of hydrogen-bond donors (Lipinski definition) is 1. The van der Waals surface area contributed by atoms with Gasteiger partial charge < -0.3 is 14.8 Å². The number of nitrogens with one attached hydrogen (secondary N) is 1. The molecule has 0 bridgehead atoms. The molecule has 6 heteroatoms. The van der Waals surface area contributed by atoms with E-state index < -0.39 is 0 Å². The molecule has 2 amide bonds. The van der Waals surface area contributed by atoms with E-state index in [4.69, 9.17) is 0 Å². The summed E-state index contributed by atoms with van der Waals surface area (Å²) in [6.45, 7) is 2.24. The quantitative estimate of drug-likeness (QED) is 0.556. The molecular weight excluding hydrogens is 388 g/mol. The molecule has 5 rings (SSSR count). The number of H-pyrrole nitrogens is 1. The average Bonchev–Trinajstić information content (AvgIpc) is 3.25. The fourth-order valence-electron chi connectivity index (χ4n) is 4.25. The lowest BCUT2D eigenvalue weighted by molar-refractivity contribution is -0.132. The number of amides is 2. The fourth-order valence-corrected chi connectivity index (χ4v) is 4.25. The van der Waals surface area contributed by atoms with Gasteiger partial charge in [-0.05, 0) is 29.0 Å². The van der Waals surface area contributed by atoms with Gasteiger partial charge in [-0.1, -0.05) is 48.5 Å². The number of fused-ring (bicyclic) bond motifs is 2. The number of imidazole rings is 1. The number of carbonyl (C=O) groups is 2. The van der Waals surface area contributed by atoms with Gasteiger partial charge in [0.1, 0.15) is 5.82 Å². The Morgan fingerprint density at radius 3 is 2.39 bits per heavy atom. The Balaban J connectivity index is 1.18. The van der Waals surface area contributed by atoms with Crippen LogP contribution in [0.25, 0.3) is 21.8 Å². The second kappa shape index (κ2) is 8.22. The maximum absolute atomic E-state index is 13.1. The van der Waals surface area contributed by atoms with Gasteiger partial charge in [-0.2, -0.15) is 0 Å². The van der Waals surface area contributed by atoms with Crippen LogP contribution < -0.4 is 0 Å². The summed E-state index contributed by atoms with van der Waals surface area (Å²) in [6.07, 6.45) is 1.000. The van der Waals surface area contributed by atoms with Gasteiger partial charge in [0.2, 0.25) is 5.91 Å². The number of carbonyl (C=O) groups excluding carboxylic acids is 2. The number of benzene rings is 3. The first-order chi connectivity index (χ1) is 15.2. The Morgan fingerprint density at radius 1 is 0.839 bits per heavy atom. The van der Waals surface area contributed by atoms with Crippen molar-refractivity contribution in [2.24, 2.45) is 0 Å². The van der Waals surface area contributed by atoms with Crippen LogP contribution >= 0.6 is 0 Å². The number of piperazine rings is 1. The maximum Gasteiger partial charge on any atom is 0.254 e. The average molecular weight is 412 g/mol. The largest absolute Gasteiger partial charge is 0.342 e. The molecule has 0 aliphatic carbocycles. The molecule has 2 heterocycles. The highest BCUT2D eigenvalue weighted by Crippen LogP contribution is 2.21. The third-order valence-corrected chi connectivity index (χ3v) is 5.95. The Hall–Kier alpha value is -3.67. The topological polar surface area (TPSA) is 69.3 Å². The number of para-hydroxylation sites is 2. The monoisotopic (exact) mass is 412 g/mol. The molecule has 0 atom stereocenters. The predicted molar refractivity (Wildman–Crippen MR) is 121 cm³/mol. The van der Waals surface area contributed by atoms with Crippen molar-refractivity contribution in [3.05, 3.63) is 78.1 Å². The SMILES string of the molecule is O=C(CCc1nc2ccccc2[nH]1)N1CCN(C(=O)c2cccc3ccccc23)CC1. The predicted octanol–water partition coefficient (Wildman–Crippen LogP) is 3.63. The smallest absolute Gasteiger partial charge is 0.254 e. The molecule has 0 spiro atoms. The Morgan fingerprint density at radius 2 is 1.55 bits per heavy atom. The summed E-state index contributed by atoms with van der Waals surface area (Å²) in [4.78, 5) is 37.3. The van der Waals surface area contributed by atoms with Crippen LogP contribution in [0.3, 0.4) is 0 Å². The Kier molecular flexibility index (Phi) is 5.12. The van der Waals surface area contributed by atoms with Crippen LogP contribution in [-0.2, 0) is 11.2 Å². The normalized spacial score (nSPS) is 14.3. The summed E-state index contributed by atoms with van der Waals surface area (Å²) in [6, 6.07) is 21.6. The molecule has 4 aromatic rings. The third-order valence-electron chi connectivity index (χ3n) is 5.95. The molecule has 3 aromatic carbocycles. The van der Waals surface area contributed by atoms with Crippen molar-refractivity contribution in [1.82, 2.24) is 19.8 Å². The lowest BCUT2D eigenvalue weighted by Gasteiger charge is -2.35. The van der Waals surface area contributed by atoms with E-state index in [2.05, 4.69) is 9.97 Å². The summed E-state index contributed by atoms with van der Waals surface area (Å²) in [5.74, 6) is 0.975. The number of hydrogen-bond acceptors (Lipinski definition) is 3. The Bertz CT molecular complexity index is 1220. The lowest BCUT2D eigenvalue weighted by atomic mass is 10.0. The van der Waals surface area contributed by atoms with Gasteiger partial charge in [-0.15, -0.1) is 0 Å². The van der Waals surface area contributed by atoms with Crippen LogP contribution in [0.5, 0.6) is 0 Å². The first kappa shape index (κ1) is 19.3. The second-order valence-electron chi connectivity index (χ2n) is 7.90. The van der Waals surface area contributed by atoms with Crippen molar-refractivity contribution in [2.75, 3.05) is 26.2 Å². The van der Waals surface area contributed by atoms with Crippen molar-refractivity contribution >= 4 is 33.6 Å². The third kappa shape index (κ3) is 3.89. The molecule has 156 valence electrons. The van der Waals surface area contributed by atoms with Crippen LogP contribution in [0, 0.1) is 0 Å². The van der Waals surface area contributed by atoms with Crippen LogP contribution in [0.1, 0.15) is 22.6 Å². The molecule has 1 aromatic heterocycles. The minimum Gasteiger partial charge on any atom is -0.342 e. The van der Waals surface area contributed by atoms with Gasteiger partial charge in [0.25, 0.3) is 5.91 Å². The van der Waals surface area contributed by atoms with Crippen molar-refractivity contribution in [2.45, 2.75) is 12.8 Å². The van der Waals surface area contributed by atoms with Gasteiger partial charge in [0, 0.05) is 44.6 Å². The zero-order valence-electron chi connectivity index (χ0n) is 17.3. The second-order valence-corrected chi connectivity index (χ2v) is 7.90. The van der Waals surface area contributed by atoms with E-state index >= 15 is 0 Å². The zero-order chi connectivity index (χ0) is 21.2. The number of aromatic nitrogens is 2. The van der Waals surface area contributed by atoms with Crippen molar-refractivity contribution in [1.29, 1.82) is 0 Å². The Labute approximate surface area is 180 Å². The van der Waals surface area contributed by atoms with Crippen molar-refractivity contribution in [3.63, 3.8) is 0 Å². The van der Waals surface area contributed by atoms with Gasteiger partial charge in [0.05, 0.1) is 11.0 Å². The lowest BCUT2D eigenvalue weighted by Crippen LogP contribution is -2.50. The van der Waals surface area contributed by atoms with Crippen LogP contribution in [0.4, 0.5) is 0 Å². The van der Waals surface area contributed by atoms with E-state index in [0.29, 0.717) is 39.0 Å². The molecule has 1 saturated heterocycles. The van der Waals surface area contributed by atoms with Crippen molar-refractivity contribution < 1.29 is 9.59 Å². The first-order valence-electron chi connectivity index (χ1n) is 10.7. The van der Waals surface area contributed by atoms with E-state index in [1.807, 2.05) is 76.5 Å². The molecule has 0 radical (unpaired) electrons. The van der Waals surface area contributed by atoms with E-state index in [-0.39, 0.29) is 11.8 Å². The molecule has 1 fully saturated rings. The molecule has 6 nitrogen and oxygen atoms in total. The molecule has 1 aliphatic heterocycles. The summed E-state index contributed by atoms with van der Waals surface area (Å²) < 4.78 is 0. The van der Waals surface area contributed by atoms with Gasteiger partial charge in [-0.3, -0.25) is 9.59 Å². The van der Waals surface area contributed by atoms with E-state index in [1.54, 1.807) is 0 Å². The molecule has 0 unspecified atom stereocenters. The number of rotatable bonds is 4. The van der Waals surface area contributed by atoms with Crippen LogP contribution in [0.15, 0.2) is 66.7 Å². The fraction of sp³-hybridized carbons (Fsp3) is 0.240. The number of nitrogens with zero attached hydrogens (tertiary/aromatic N) is 3. The molecule has 31 heavy (non-hydrogen) atoms. The highest BCUT2D eigenvalue weighted by molar-refractivity contribution is 6.07. The summed E-state index contributed by atoms with van der Waals surface area (Å²) >= 11 is 0. The first-order valence-corrected chi connectivity index (χ1v) is 10.7. The van der Waals surface area contributed by atoms with Gasteiger partial charge in [0.15, 0.2) is 0 Å². The summed E-state index contributed by atoms with van der Waals surface area (Å²) in [5.41, 5.74) is 2.64. The zero-order valence-corrected chi connectivity index (χ0v) is 17.3. The summed E-state index contributed by atoms with van der Waals surface area (Å²) in [5, 5.41) is 2.03. The van der Waals surface area contributed by atoms with Gasteiger partial charge in [-0.25, -0.2) is 4.98 Å². The van der Waals surface area contributed by atoms with Crippen LogP contribution in [0.2, 0.25) is 0 Å². The molecule has 1 aliphatic rings. The minimum atomic E-state index is 0.0335. The van der Waals surface area contributed by atoms with E-state index in [9.17, 15) is 9.59 Å². The molecule has 1 N–H and O–H groups in total. The highest BCUT2D eigenvalue weighted by Gasteiger charge is 2.25. The van der Waals surface area contributed by atoms with Gasteiger partial charge >= 0.3 is 0 Å².